The van der Waals surface area contributed by atoms with Crippen LogP contribution >= 0.6 is 0 Å². The highest BCUT2D eigenvalue weighted by atomic mass is 16.5. The van der Waals surface area contributed by atoms with E-state index in [4.69, 9.17) is 4.74 Å². The smallest absolute Gasteiger partial charge is 0.313 e. The zero-order valence-electron chi connectivity index (χ0n) is 16.0. The van der Waals surface area contributed by atoms with Gasteiger partial charge in [-0.15, -0.1) is 0 Å². The summed E-state index contributed by atoms with van der Waals surface area (Å²) in [6, 6.07) is 7.51. The van der Waals surface area contributed by atoms with E-state index in [2.05, 4.69) is 26.1 Å². The maximum absolute atomic E-state index is 12.3. The van der Waals surface area contributed by atoms with E-state index in [1.54, 1.807) is 19.1 Å². The van der Waals surface area contributed by atoms with Crippen LogP contribution in [0.15, 0.2) is 24.3 Å². The number of benzene rings is 1. The summed E-state index contributed by atoms with van der Waals surface area (Å²) >= 11 is 0. The van der Waals surface area contributed by atoms with Crippen molar-refractivity contribution in [1.29, 1.82) is 0 Å². The summed E-state index contributed by atoms with van der Waals surface area (Å²) in [6.45, 7) is 9.25. The van der Waals surface area contributed by atoms with E-state index in [-0.39, 0.29) is 17.3 Å². The van der Waals surface area contributed by atoms with Crippen molar-refractivity contribution in [2.75, 3.05) is 25.0 Å². The average Bonchev–Trinajstić information content (AvgIpc) is 2.61. The van der Waals surface area contributed by atoms with Crippen LogP contribution in [0.1, 0.15) is 46.1 Å². The lowest BCUT2D eigenvalue weighted by molar-refractivity contribution is -0.152. The molecule has 1 aliphatic heterocycles. The summed E-state index contributed by atoms with van der Waals surface area (Å²) in [5.74, 6) is -1.62. The third-order valence-electron chi connectivity index (χ3n) is 4.61. The number of likely N-dealkylation sites (tertiary alicyclic amines) is 1. The first kappa shape index (κ1) is 19.9. The Labute approximate surface area is 154 Å². The molecule has 0 atom stereocenters. The van der Waals surface area contributed by atoms with Gasteiger partial charge in [-0.2, -0.15) is 0 Å². The Balaban J connectivity index is 1.88. The quantitative estimate of drug-likeness (QED) is 0.664. The molecule has 0 spiro atoms. The highest BCUT2D eigenvalue weighted by molar-refractivity contribution is 6.39. The molecular formula is C20H28N2O4. The molecule has 26 heavy (non-hydrogen) atoms. The van der Waals surface area contributed by atoms with E-state index in [0.29, 0.717) is 38.2 Å². The molecule has 1 N–H and O–H groups in total. The molecule has 2 rings (SSSR count). The van der Waals surface area contributed by atoms with Crippen LogP contribution in [0.25, 0.3) is 0 Å². The van der Waals surface area contributed by atoms with Crippen molar-refractivity contribution < 1.29 is 19.1 Å². The van der Waals surface area contributed by atoms with Crippen LogP contribution in [0.5, 0.6) is 0 Å². The number of rotatable bonds is 3. The molecule has 2 amide bonds. The van der Waals surface area contributed by atoms with Gasteiger partial charge >= 0.3 is 17.8 Å². The van der Waals surface area contributed by atoms with Crippen LogP contribution in [0.2, 0.25) is 0 Å². The SMILES string of the molecule is CCOC(=O)C1CCN(C(=O)C(=O)Nc2ccc(C(C)(C)C)cc2)CC1. The van der Waals surface area contributed by atoms with Crippen molar-refractivity contribution in [3.63, 3.8) is 0 Å². The molecule has 6 nitrogen and oxygen atoms in total. The summed E-state index contributed by atoms with van der Waals surface area (Å²) in [4.78, 5) is 37.8. The Hall–Kier alpha value is -2.37. The molecule has 1 aromatic carbocycles. The molecular weight excluding hydrogens is 332 g/mol. The van der Waals surface area contributed by atoms with Gasteiger partial charge in [0.1, 0.15) is 0 Å². The van der Waals surface area contributed by atoms with Crippen LogP contribution in [0, 0.1) is 5.92 Å². The van der Waals surface area contributed by atoms with E-state index >= 15 is 0 Å². The van der Waals surface area contributed by atoms with Gasteiger partial charge in [-0.05, 0) is 42.9 Å². The molecule has 0 bridgehead atoms. The van der Waals surface area contributed by atoms with Gasteiger partial charge in [0, 0.05) is 18.8 Å². The number of hydrogen-bond donors (Lipinski definition) is 1. The summed E-state index contributed by atoms with van der Waals surface area (Å²) < 4.78 is 5.02. The van der Waals surface area contributed by atoms with Crippen molar-refractivity contribution in [2.24, 2.45) is 5.92 Å². The first-order valence-corrected chi connectivity index (χ1v) is 9.09. The number of hydrogen-bond acceptors (Lipinski definition) is 4. The van der Waals surface area contributed by atoms with Crippen molar-refractivity contribution in [1.82, 2.24) is 4.90 Å². The molecule has 142 valence electrons. The maximum atomic E-state index is 12.3. The summed E-state index contributed by atoms with van der Waals surface area (Å²) in [7, 11) is 0. The van der Waals surface area contributed by atoms with E-state index in [0.717, 1.165) is 5.56 Å². The minimum absolute atomic E-state index is 0.0294. The Bertz CT molecular complexity index is 653. The first-order valence-electron chi connectivity index (χ1n) is 9.09. The molecule has 0 aromatic heterocycles. The van der Waals surface area contributed by atoms with Crippen LogP contribution in [0.4, 0.5) is 5.69 Å². The molecule has 1 heterocycles. The number of esters is 1. The van der Waals surface area contributed by atoms with Gasteiger partial charge in [-0.25, -0.2) is 0 Å². The lowest BCUT2D eigenvalue weighted by Crippen LogP contribution is -2.45. The fourth-order valence-corrected chi connectivity index (χ4v) is 2.96. The summed E-state index contributed by atoms with van der Waals surface area (Å²) in [5, 5.41) is 2.65. The normalized spacial score (nSPS) is 15.5. The van der Waals surface area contributed by atoms with Gasteiger partial charge < -0.3 is 15.0 Å². The van der Waals surface area contributed by atoms with Gasteiger partial charge in [0.25, 0.3) is 0 Å². The number of amides is 2. The van der Waals surface area contributed by atoms with E-state index in [9.17, 15) is 14.4 Å². The van der Waals surface area contributed by atoms with E-state index in [1.165, 1.54) is 4.90 Å². The standard InChI is InChI=1S/C20H28N2O4/c1-5-26-19(25)14-10-12-22(13-11-14)18(24)17(23)21-16-8-6-15(7-9-16)20(2,3)4/h6-9,14H,5,10-13H2,1-4H3,(H,21,23). The Morgan fingerprint density at radius 3 is 2.19 bits per heavy atom. The van der Waals surface area contributed by atoms with Crippen molar-refractivity contribution >= 4 is 23.5 Å². The van der Waals surface area contributed by atoms with Crippen LogP contribution in [-0.2, 0) is 24.5 Å². The Morgan fingerprint density at radius 2 is 1.69 bits per heavy atom. The Morgan fingerprint density at radius 1 is 1.12 bits per heavy atom. The predicted octanol–water partition coefficient (Wildman–Crippen LogP) is 2.72. The minimum atomic E-state index is -0.650. The first-order chi connectivity index (χ1) is 12.2. The Kier molecular flexibility index (Phi) is 6.40. The van der Waals surface area contributed by atoms with E-state index < -0.39 is 11.8 Å². The zero-order valence-corrected chi connectivity index (χ0v) is 16.0. The van der Waals surface area contributed by atoms with Crippen LogP contribution in [0.3, 0.4) is 0 Å². The number of piperidine rings is 1. The van der Waals surface area contributed by atoms with E-state index in [1.807, 2.05) is 12.1 Å². The summed E-state index contributed by atoms with van der Waals surface area (Å²) in [5.41, 5.74) is 1.78. The highest BCUT2D eigenvalue weighted by Crippen LogP contribution is 2.23. The molecule has 0 unspecified atom stereocenters. The lowest BCUT2D eigenvalue weighted by atomic mass is 9.87. The summed E-state index contributed by atoms with van der Waals surface area (Å²) in [6.07, 6.45) is 1.05. The van der Waals surface area contributed by atoms with Crippen molar-refractivity contribution in [3.05, 3.63) is 29.8 Å². The molecule has 1 fully saturated rings. The number of carbonyl (C=O) groups is 3. The van der Waals surface area contributed by atoms with Crippen LogP contribution < -0.4 is 5.32 Å². The fraction of sp³-hybridized carbons (Fsp3) is 0.550. The maximum Gasteiger partial charge on any atom is 0.313 e. The third kappa shape index (κ3) is 5.07. The second kappa shape index (κ2) is 8.34. The molecule has 1 aromatic rings. The number of carbonyl (C=O) groups excluding carboxylic acids is 3. The highest BCUT2D eigenvalue weighted by Gasteiger charge is 2.30. The minimum Gasteiger partial charge on any atom is -0.466 e. The van der Waals surface area contributed by atoms with Crippen molar-refractivity contribution in [3.8, 4) is 0 Å². The van der Waals surface area contributed by atoms with Gasteiger partial charge in [-0.1, -0.05) is 32.9 Å². The molecule has 1 saturated heterocycles. The monoisotopic (exact) mass is 360 g/mol. The van der Waals surface area contributed by atoms with Gasteiger partial charge in [-0.3, -0.25) is 14.4 Å². The molecule has 1 aliphatic rings. The number of anilines is 1. The molecule has 0 saturated carbocycles. The molecule has 0 radical (unpaired) electrons. The van der Waals surface area contributed by atoms with Gasteiger partial charge in [0.15, 0.2) is 0 Å². The second-order valence-electron chi connectivity index (χ2n) is 7.60. The number of nitrogens with one attached hydrogen (secondary N) is 1. The third-order valence-corrected chi connectivity index (χ3v) is 4.61. The molecule has 6 heteroatoms. The average molecular weight is 360 g/mol. The second-order valence-corrected chi connectivity index (χ2v) is 7.60. The number of ether oxygens (including phenoxy) is 1. The van der Waals surface area contributed by atoms with Crippen LogP contribution in [-0.4, -0.2) is 42.4 Å². The number of nitrogens with zero attached hydrogens (tertiary/aromatic N) is 1. The van der Waals surface area contributed by atoms with Gasteiger partial charge in [0.2, 0.25) is 0 Å². The molecule has 0 aliphatic carbocycles. The topological polar surface area (TPSA) is 75.7 Å². The van der Waals surface area contributed by atoms with Crippen molar-refractivity contribution in [2.45, 2.75) is 46.0 Å². The predicted molar refractivity (Wildman–Crippen MR) is 99.7 cm³/mol. The fourth-order valence-electron chi connectivity index (χ4n) is 2.96. The van der Waals surface area contributed by atoms with Gasteiger partial charge in [0.05, 0.1) is 12.5 Å². The lowest BCUT2D eigenvalue weighted by Gasteiger charge is -2.30. The largest absolute Gasteiger partial charge is 0.466 e. The zero-order chi connectivity index (χ0) is 19.3.